The molecule has 3 rings (SSSR count). The van der Waals surface area contributed by atoms with Gasteiger partial charge in [-0.25, -0.2) is 0 Å². The van der Waals surface area contributed by atoms with Crippen LogP contribution < -0.4 is 5.32 Å². The standard InChI is InChI=1S/C21H37NO11/c1-5-6-7-28-17-16(31-20-18(17)32-21(3,4)33-20)11(25)9-29-19-13(22-10(2)24)15(27)14(26)12(8-23)30-19/h11-20,23,25-27H,5-9H2,1-4H3,(H,22,24)/t11?,12-,13-,14-,15-,16-,17+,18-,19-,20-/m1/s1. The maximum absolute atomic E-state index is 11.6. The fourth-order valence-electron chi connectivity index (χ4n) is 4.27. The molecular weight excluding hydrogens is 442 g/mol. The fourth-order valence-corrected chi connectivity index (χ4v) is 4.27. The van der Waals surface area contributed by atoms with Gasteiger partial charge in [0.05, 0.1) is 13.2 Å². The normalized spacial score (nSPS) is 41.0. The van der Waals surface area contributed by atoms with E-state index in [-0.39, 0.29) is 6.61 Å². The predicted octanol–water partition coefficient (Wildman–Crippen LogP) is -1.63. The van der Waals surface area contributed by atoms with Gasteiger partial charge in [0.2, 0.25) is 5.91 Å². The third-order valence-electron chi connectivity index (χ3n) is 5.90. The Morgan fingerprint density at radius 2 is 1.88 bits per heavy atom. The van der Waals surface area contributed by atoms with Gasteiger partial charge in [-0.05, 0) is 20.3 Å². The largest absolute Gasteiger partial charge is 0.394 e. The van der Waals surface area contributed by atoms with Gasteiger partial charge in [0.1, 0.15) is 48.8 Å². The average molecular weight is 480 g/mol. The summed E-state index contributed by atoms with van der Waals surface area (Å²) >= 11 is 0. The molecule has 1 amide bonds. The van der Waals surface area contributed by atoms with Crippen molar-refractivity contribution in [1.29, 1.82) is 0 Å². The third kappa shape index (κ3) is 6.20. The van der Waals surface area contributed by atoms with Gasteiger partial charge in [-0.2, -0.15) is 0 Å². The summed E-state index contributed by atoms with van der Waals surface area (Å²) < 4.78 is 34.8. The zero-order valence-electron chi connectivity index (χ0n) is 19.5. The molecule has 192 valence electrons. The Morgan fingerprint density at radius 1 is 1.15 bits per heavy atom. The zero-order valence-corrected chi connectivity index (χ0v) is 19.5. The Bertz CT molecular complexity index is 650. The van der Waals surface area contributed by atoms with Crippen LogP contribution in [0.2, 0.25) is 0 Å². The second-order valence-corrected chi connectivity index (χ2v) is 9.09. The minimum atomic E-state index is -1.45. The van der Waals surface area contributed by atoms with Gasteiger partial charge in [-0.1, -0.05) is 13.3 Å². The first-order chi connectivity index (χ1) is 15.6. The zero-order chi connectivity index (χ0) is 24.3. The van der Waals surface area contributed by atoms with E-state index >= 15 is 0 Å². The molecule has 12 heteroatoms. The van der Waals surface area contributed by atoms with Crippen LogP contribution in [0.15, 0.2) is 0 Å². The van der Waals surface area contributed by atoms with E-state index in [1.165, 1.54) is 6.92 Å². The van der Waals surface area contributed by atoms with Crippen LogP contribution in [0.3, 0.4) is 0 Å². The predicted molar refractivity (Wildman–Crippen MR) is 111 cm³/mol. The number of hydrogen-bond donors (Lipinski definition) is 5. The summed E-state index contributed by atoms with van der Waals surface area (Å²) in [5.74, 6) is -1.31. The van der Waals surface area contributed by atoms with Crippen LogP contribution in [-0.4, -0.2) is 113 Å². The topological polar surface area (TPSA) is 165 Å². The number of rotatable bonds is 10. The molecule has 0 radical (unpaired) electrons. The van der Waals surface area contributed by atoms with E-state index < -0.39 is 79.7 Å². The molecule has 1 unspecified atom stereocenters. The highest BCUT2D eigenvalue weighted by Gasteiger charge is 2.57. The van der Waals surface area contributed by atoms with Gasteiger partial charge >= 0.3 is 0 Å². The van der Waals surface area contributed by atoms with Crippen molar-refractivity contribution in [2.45, 2.75) is 108 Å². The highest BCUT2D eigenvalue weighted by atomic mass is 16.8. The van der Waals surface area contributed by atoms with Crippen molar-refractivity contribution < 1.29 is 53.6 Å². The number of aliphatic hydroxyl groups excluding tert-OH is 4. The summed E-state index contributed by atoms with van der Waals surface area (Å²) in [6.45, 7) is 6.41. The van der Waals surface area contributed by atoms with Crippen LogP contribution in [0.5, 0.6) is 0 Å². The van der Waals surface area contributed by atoms with E-state index in [0.29, 0.717) is 6.61 Å². The molecule has 3 aliphatic heterocycles. The van der Waals surface area contributed by atoms with Crippen molar-refractivity contribution in [2.75, 3.05) is 19.8 Å². The third-order valence-corrected chi connectivity index (χ3v) is 5.90. The van der Waals surface area contributed by atoms with E-state index in [2.05, 4.69) is 5.32 Å². The summed E-state index contributed by atoms with van der Waals surface area (Å²) in [7, 11) is 0. The van der Waals surface area contributed by atoms with Gasteiger partial charge in [0.25, 0.3) is 0 Å². The van der Waals surface area contributed by atoms with E-state index in [1.54, 1.807) is 13.8 Å². The van der Waals surface area contributed by atoms with Crippen molar-refractivity contribution in [3.63, 3.8) is 0 Å². The quantitative estimate of drug-likeness (QED) is 0.228. The number of unbranched alkanes of at least 4 members (excludes halogenated alkanes) is 1. The molecule has 3 aliphatic rings. The van der Waals surface area contributed by atoms with Crippen molar-refractivity contribution >= 4 is 5.91 Å². The van der Waals surface area contributed by atoms with Gasteiger partial charge in [0, 0.05) is 13.5 Å². The Hall–Kier alpha value is -0.930. The lowest BCUT2D eigenvalue weighted by Gasteiger charge is -2.42. The number of hydrogen-bond acceptors (Lipinski definition) is 11. The molecule has 3 fully saturated rings. The minimum Gasteiger partial charge on any atom is -0.394 e. The fraction of sp³-hybridized carbons (Fsp3) is 0.952. The van der Waals surface area contributed by atoms with E-state index in [1.807, 2.05) is 6.92 Å². The molecule has 5 N–H and O–H groups in total. The van der Waals surface area contributed by atoms with Gasteiger partial charge in [0.15, 0.2) is 18.4 Å². The number of carbonyl (C=O) groups is 1. The molecular formula is C21H37NO11. The van der Waals surface area contributed by atoms with Crippen LogP contribution in [0.4, 0.5) is 0 Å². The lowest BCUT2D eigenvalue weighted by molar-refractivity contribution is -0.280. The molecule has 33 heavy (non-hydrogen) atoms. The maximum Gasteiger partial charge on any atom is 0.217 e. The van der Waals surface area contributed by atoms with Crippen molar-refractivity contribution in [1.82, 2.24) is 5.32 Å². The highest BCUT2D eigenvalue weighted by Crippen LogP contribution is 2.40. The molecule has 0 aromatic rings. The lowest BCUT2D eigenvalue weighted by Crippen LogP contribution is -2.64. The second kappa shape index (κ2) is 11.2. The summed E-state index contributed by atoms with van der Waals surface area (Å²) in [6.07, 6.45) is -7.30. The monoisotopic (exact) mass is 479 g/mol. The van der Waals surface area contributed by atoms with Gasteiger partial charge < -0.3 is 54.2 Å². The van der Waals surface area contributed by atoms with Crippen molar-refractivity contribution in [2.24, 2.45) is 0 Å². The van der Waals surface area contributed by atoms with E-state index in [0.717, 1.165) is 12.8 Å². The molecule has 3 heterocycles. The number of carbonyl (C=O) groups excluding carboxylic acids is 1. The first-order valence-corrected chi connectivity index (χ1v) is 11.4. The number of amides is 1. The number of fused-ring (bicyclic) bond motifs is 1. The first-order valence-electron chi connectivity index (χ1n) is 11.4. The molecule has 0 spiro atoms. The van der Waals surface area contributed by atoms with Crippen LogP contribution in [0.25, 0.3) is 0 Å². The van der Waals surface area contributed by atoms with E-state index in [4.69, 9.17) is 28.4 Å². The molecule has 12 nitrogen and oxygen atoms in total. The Labute approximate surface area is 193 Å². The molecule has 0 saturated carbocycles. The maximum atomic E-state index is 11.6. The Balaban J connectivity index is 1.65. The van der Waals surface area contributed by atoms with E-state index in [9.17, 15) is 25.2 Å². The molecule has 0 aromatic heterocycles. The SMILES string of the molecule is CCCCO[C@@H]1[C@H]2OC(C)(C)O[C@H]2O[C@@H]1C(O)CO[C@@H]1O[C@H](CO)[C@@H](O)[C@H](O)[C@H]1NC(C)=O. The van der Waals surface area contributed by atoms with Gasteiger partial charge in [-0.3, -0.25) is 4.79 Å². The molecule has 3 saturated heterocycles. The molecule has 0 aliphatic carbocycles. The summed E-state index contributed by atoms with van der Waals surface area (Å²) in [4.78, 5) is 11.6. The first kappa shape index (κ1) is 26.7. The number of ether oxygens (including phenoxy) is 6. The lowest BCUT2D eigenvalue weighted by atomic mass is 9.97. The van der Waals surface area contributed by atoms with Crippen LogP contribution in [0, 0.1) is 0 Å². The molecule has 0 aromatic carbocycles. The minimum absolute atomic E-state index is 0.303. The summed E-state index contributed by atoms with van der Waals surface area (Å²) in [6, 6.07) is -1.11. The number of nitrogens with one attached hydrogen (secondary N) is 1. The van der Waals surface area contributed by atoms with Crippen LogP contribution in [0.1, 0.15) is 40.5 Å². The highest BCUT2D eigenvalue weighted by molar-refractivity contribution is 5.73. The molecule has 0 bridgehead atoms. The number of aliphatic hydroxyl groups is 4. The molecule has 10 atom stereocenters. The van der Waals surface area contributed by atoms with Crippen molar-refractivity contribution in [3.8, 4) is 0 Å². The van der Waals surface area contributed by atoms with Crippen LogP contribution in [-0.2, 0) is 33.2 Å². The second-order valence-electron chi connectivity index (χ2n) is 9.09. The Morgan fingerprint density at radius 3 is 2.52 bits per heavy atom. The summed E-state index contributed by atoms with van der Waals surface area (Å²) in [5, 5.41) is 43.3. The van der Waals surface area contributed by atoms with Crippen molar-refractivity contribution in [3.05, 3.63) is 0 Å². The van der Waals surface area contributed by atoms with Crippen LogP contribution >= 0.6 is 0 Å². The van der Waals surface area contributed by atoms with Gasteiger partial charge in [-0.15, -0.1) is 0 Å². The Kier molecular flexibility index (Phi) is 9.06. The smallest absolute Gasteiger partial charge is 0.217 e. The average Bonchev–Trinajstić information content (AvgIpc) is 3.22. The summed E-state index contributed by atoms with van der Waals surface area (Å²) in [5.41, 5.74) is 0.